The molecule has 0 spiro atoms. The van der Waals surface area contributed by atoms with Crippen molar-refractivity contribution in [1.29, 1.82) is 0 Å². The number of unbranched alkanes of at least 4 members (excludes halogenated alkanes) is 4. The molecule has 0 aromatic rings. The van der Waals surface area contributed by atoms with Gasteiger partial charge in [-0.3, -0.25) is 14.5 Å². The van der Waals surface area contributed by atoms with Gasteiger partial charge in [0.1, 0.15) is 0 Å². The number of nitrogens with zero attached hydrogens (tertiary/aromatic N) is 1. The van der Waals surface area contributed by atoms with Crippen LogP contribution >= 0.6 is 0 Å². The third-order valence-electron chi connectivity index (χ3n) is 3.30. The van der Waals surface area contributed by atoms with E-state index in [-0.39, 0.29) is 17.9 Å². The third-order valence-corrected chi connectivity index (χ3v) is 3.30. The molecule has 1 unspecified atom stereocenters. The van der Waals surface area contributed by atoms with Crippen LogP contribution < -0.4 is 0 Å². The number of carbonyl (C=O) groups excluding carboxylic acids is 2. The van der Waals surface area contributed by atoms with Gasteiger partial charge in [0.2, 0.25) is 11.8 Å². The number of hydrogen-bond donors (Lipinski definition) is 0. The number of hydrogen-bond acceptors (Lipinski definition) is 2. The quantitative estimate of drug-likeness (QED) is 0.377. The van der Waals surface area contributed by atoms with Crippen LogP contribution in [-0.4, -0.2) is 22.8 Å². The van der Waals surface area contributed by atoms with Gasteiger partial charge in [0.15, 0.2) is 0 Å². The summed E-state index contributed by atoms with van der Waals surface area (Å²) in [6.45, 7) is 6.02. The van der Waals surface area contributed by atoms with Gasteiger partial charge in [0, 0.05) is 12.8 Å². The van der Waals surface area contributed by atoms with Gasteiger partial charge < -0.3 is 0 Å². The zero-order valence-corrected chi connectivity index (χ0v) is 11.4. The molecule has 0 aliphatic carbocycles. The topological polar surface area (TPSA) is 37.4 Å². The van der Waals surface area contributed by atoms with Gasteiger partial charge in [0.25, 0.3) is 0 Å². The molecule has 1 aliphatic rings. The maximum Gasteiger partial charge on any atom is 0.230 e. The number of imide groups is 1. The fraction of sp³-hybridized carbons (Fsp3) is 0.667. The van der Waals surface area contributed by atoms with Gasteiger partial charge in [-0.1, -0.05) is 45.3 Å². The van der Waals surface area contributed by atoms with Crippen LogP contribution in [0.3, 0.4) is 0 Å². The van der Waals surface area contributed by atoms with Gasteiger partial charge in [-0.2, -0.15) is 0 Å². The van der Waals surface area contributed by atoms with Gasteiger partial charge in [0.05, 0.1) is 6.04 Å². The number of rotatable bonds is 8. The van der Waals surface area contributed by atoms with Crippen molar-refractivity contribution < 1.29 is 9.59 Å². The molecule has 101 valence electrons. The maximum absolute atomic E-state index is 11.6. The van der Waals surface area contributed by atoms with Gasteiger partial charge >= 0.3 is 0 Å². The lowest BCUT2D eigenvalue weighted by molar-refractivity contribution is -0.139. The number of allylic oxidation sites excluding steroid dienone is 1. The molecule has 2 amide bonds. The van der Waals surface area contributed by atoms with Gasteiger partial charge in [-0.05, 0) is 19.3 Å². The van der Waals surface area contributed by atoms with Crippen LogP contribution in [0.2, 0.25) is 0 Å². The summed E-state index contributed by atoms with van der Waals surface area (Å²) >= 11 is 0. The smallest absolute Gasteiger partial charge is 0.230 e. The first-order valence-corrected chi connectivity index (χ1v) is 7.01. The molecule has 1 saturated heterocycles. The molecule has 0 aromatic heterocycles. The molecule has 3 nitrogen and oxygen atoms in total. The van der Waals surface area contributed by atoms with E-state index in [1.165, 1.54) is 30.6 Å². The van der Waals surface area contributed by atoms with Crippen molar-refractivity contribution in [2.45, 2.75) is 64.3 Å². The molecule has 1 radical (unpaired) electrons. The molecule has 0 bridgehead atoms. The highest BCUT2D eigenvalue weighted by molar-refractivity contribution is 6.02. The van der Waals surface area contributed by atoms with E-state index in [1.54, 1.807) is 0 Å². The first-order valence-electron chi connectivity index (χ1n) is 7.01. The Labute approximate surface area is 110 Å². The monoisotopic (exact) mass is 250 g/mol. The van der Waals surface area contributed by atoms with Crippen LogP contribution in [0.1, 0.15) is 58.3 Å². The van der Waals surface area contributed by atoms with Crippen LogP contribution in [0.5, 0.6) is 0 Å². The molecule has 1 atom stereocenters. The maximum atomic E-state index is 11.6. The predicted octanol–water partition coefficient (Wildman–Crippen LogP) is 3.25. The SMILES string of the molecule is [CH2]CC(C=CCCCCCC)N1C(=O)CCC1=O. The summed E-state index contributed by atoms with van der Waals surface area (Å²) in [5.74, 6) is -0.103. The Kier molecular flexibility index (Phi) is 6.69. The average Bonchev–Trinajstić information content (AvgIpc) is 2.69. The molecule has 0 N–H and O–H groups in total. The van der Waals surface area contributed by atoms with Crippen molar-refractivity contribution in [3.05, 3.63) is 19.1 Å². The molecular weight excluding hydrogens is 226 g/mol. The van der Waals surface area contributed by atoms with E-state index in [0.717, 1.165) is 6.42 Å². The third kappa shape index (κ3) is 4.28. The second kappa shape index (κ2) is 8.06. The minimum atomic E-state index is -0.140. The Hall–Kier alpha value is -1.12. The molecule has 18 heavy (non-hydrogen) atoms. The highest BCUT2D eigenvalue weighted by Gasteiger charge is 2.32. The lowest BCUT2D eigenvalue weighted by Crippen LogP contribution is -2.37. The largest absolute Gasteiger partial charge is 0.276 e. The van der Waals surface area contributed by atoms with E-state index < -0.39 is 0 Å². The van der Waals surface area contributed by atoms with Gasteiger partial charge in [-0.15, -0.1) is 0 Å². The normalized spacial score (nSPS) is 18.0. The van der Waals surface area contributed by atoms with Crippen molar-refractivity contribution in [3.63, 3.8) is 0 Å². The Balaban J connectivity index is 2.39. The van der Waals surface area contributed by atoms with E-state index in [9.17, 15) is 9.59 Å². The number of carbonyl (C=O) groups is 2. The summed E-state index contributed by atoms with van der Waals surface area (Å²) in [4.78, 5) is 24.6. The van der Waals surface area contributed by atoms with Crippen LogP contribution in [0.25, 0.3) is 0 Å². The van der Waals surface area contributed by atoms with Crippen molar-refractivity contribution in [2.75, 3.05) is 0 Å². The Morgan fingerprint density at radius 2 is 1.89 bits per heavy atom. The second-order valence-corrected chi connectivity index (χ2v) is 4.79. The lowest BCUT2D eigenvalue weighted by Gasteiger charge is -2.21. The molecule has 1 heterocycles. The number of amides is 2. The van der Waals surface area contributed by atoms with Crippen LogP contribution in [0.4, 0.5) is 0 Å². The first kappa shape index (κ1) is 14.9. The summed E-state index contributed by atoms with van der Waals surface area (Å²) in [6, 6.07) is -0.140. The second-order valence-electron chi connectivity index (χ2n) is 4.79. The zero-order chi connectivity index (χ0) is 13.4. The Morgan fingerprint density at radius 3 is 2.44 bits per heavy atom. The molecular formula is C15H24NO2. The summed E-state index contributed by atoms with van der Waals surface area (Å²) in [6.07, 6.45) is 11.3. The zero-order valence-electron chi connectivity index (χ0n) is 11.4. The Morgan fingerprint density at radius 1 is 1.22 bits per heavy atom. The first-order chi connectivity index (χ1) is 8.70. The molecule has 0 saturated carbocycles. The predicted molar refractivity (Wildman–Crippen MR) is 72.7 cm³/mol. The standard InChI is InChI=1S/C15H24NO2/c1-3-5-6-7-8-9-10-13(4-2)16-14(17)11-12-15(16)18/h9-10,13H,2-8,11-12H2,1H3. The van der Waals surface area contributed by atoms with Crippen LogP contribution in [0, 0.1) is 6.92 Å². The minimum absolute atomic E-state index is 0.0516. The van der Waals surface area contributed by atoms with Crippen molar-refractivity contribution in [1.82, 2.24) is 4.90 Å². The minimum Gasteiger partial charge on any atom is -0.276 e. The molecule has 1 fully saturated rings. The molecule has 1 rings (SSSR count). The summed E-state index contributed by atoms with van der Waals surface area (Å²) in [5, 5.41) is 0. The molecule has 3 heteroatoms. The van der Waals surface area contributed by atoms with Gasteiger partial charge in [-0.25, -0.2) is 0 Å². The van der Waals surface area contributed by atoms with E-state index in [4.69, 9.17) is 0 Å². The fourth-order valence-corrected chi connectivity index (χ4v) is 2.22. The molecule has 0 aromatic carbocycles. The lowest BCUT2D eigenvalue weighted by atomic mass is 10.1. The summed E-state index contributed by atoms with van der Waals surface area (Å²) in [5.41, 5.74) is 0. The highest BCUT2D eigenvalue weighted by atomic mass is 16.2. The molecule has 1 aliphatic heterocycles. The Bertz CT molecular complexity index is 294. The summed E-state index contributed by atoms with van der Waals surface area (Å²) < 4.78 is 0. The summed E-state index contributed by atoms with van der Waals surface area (Å²) in [7, 11) is 0. The van der Waals surface area contributed by atoms with Crippen molar-refractivity contribution in [2.24, 2.45) is 0 Å². The van der Waals surface area contributed by atoms with Crippen molar-refractivity contribution >= 4 is 11.8 Å². The van der Waals surface area contributed by atoms with Crippen molar-refractivity contribution in [3.8, 4) is 0 Å². The highest BCUT2D eigenvalue weighted by Crippen LogP contribution is 2.18. The van der Waals surface area contributed by atoms with E-state index >= 15 is 0 Å². The average molecular weight is 250 g/mol. The van der Waals surface area contributed by atoms with E-state index in [2.05, 4.69) is 19.9 Å². The van der Waals surface area contributed by atoms with Crippen LogP contribution in [0.15, 0.2) is 12.2 Å². The van der Waals surface area contributed by atoms with Crippen LogP contribution in [-0.2, 0) is 9.59 Å². The van der Waals surface area contributed by atoms with E-state index in [0.29, 0.717) is 19.3 Å². The number of likely N-dealkylation sites (tertiary alicyclic amines) is 1. The fourth-order valence-electron chi connectivity index (χ4n) is 2.22. The van der Waals surface area contributed by atoms with E-state index in [1.807, 2.05) is 6.08 Å².